The monoisotopic (exact) mass is 301 g/mol. The second-order valence-electron chi connectivity index (χ2n) is 4.35. The van der Waals surface area contributed by atoms with Gasteiger partial charge >= 0.3 is 0 Å². The molecule has 0 aliphatic heterocycles. The fourth-order valence-electron chi connectivity index (χ4n) is 1.78. The van der Waals surface area contributed by atoms with E-state index < -0.39 is 0 Å². The average molecular weight is 301 g/mol. The van der Waals surface area contributed by atoms with E-state index in [-0.39, 0.29) is 5.82 Å². The molecule has 0 amide bonds. The fraction of sp³-hybridized carbons (Fsp3) is 0.0667. The zero-order valence-corrected chi connectivity index (χ0v) is 11.8. The summed E-state index contributed by atoms with van der Waals surface area (Å²) < 4.78 is 18.1. The molecule has 1 heterocycles. The Morgan fingerprint density at radius 2 is 1.86 bits per heavy atom. The first-order valence-electron chi connectivity index (χ1n) is 6.28. The lowest BCUT2D eigenvalue weighted by Crippen LogP contribution is -1.89. The molecule has 2 N–H and O–H groups in total. The van der Waals surface area contributed by atoms with E-state index in [1.807, 2.05) is 24.3 Å². The van der Waals surface area contributed by atoms with Crippen molar-refractivity contribution in [3.63, 3.8) is 0 Å². The van der Waals surface area contributed by atoms with Crippen molar-refractivity contribution in [2.75, 3.05) is 5.73 Å². The number of anilines is 1. The van der Waals surface area contributed by atoms with Crippen LogP contribution in [0.2, 0.25) is 0 Å². The predicted molar refractivity (Wildman–Crippen MR) is 80.1 cm³/mol. The smallest absolute Gasteiger partial charge is 0.257 e. The first kappa shape index (κ1) is 13.6. The maximum atomic E-state index is 12.9. The van der Waals surface area contributed by atoms with Crippen LogP contribution in [-0.2, 0) is 5.75 Å². The topological polar surface area (TPSA) is 64.9 Å². The molecule has 0 saturated heterocycles. The van der Waals surface area contributed by atoms with Gasteiger partial charge in [0, 0.05) is 16.1 Å². The Labute approximate surface area is 125 Å². The van der Waals surface area contributed by atoms with E-state index in [9.17, 15) is 4.39 Å². The highest BCUT2D eigenvalue weighted by Gasteiger charge is 2.09. The maximum absolute atomic E-state index is 12.9. The predicted octanol–water partition coefficient (Wildman–Crippen LogP) is 3.75. The summed E-state index contributed by atoms with van der Waals surface area (Å²) in [6.45, 7) is 0. The van der Waals surface area contributed by atoms with Gasteiger partial charge in [-0.1, -0.05) is 17.3 Å². The van der Waals surface area contributed by atoms with Gasteiger partial charge in [0.25, 0.3) is 5.89 Å². The molecule has 1 aromatic heterocycles. The zero-order chi connectivity index (χ0) is 14.7. The summed E-state index contributed by atoms with van der Waals surface area (Å²) in [5, 5.41) is 3.92. The Bertz CT molecular complexity index is 743. The van der Waals surface area contributed by atoms with E-state index in [1.165, 1.54) is 12.1 Å². The third-order valence-corrected chi connectivity index (χ3v) is 3.92. The van der Waals surface area contributed by atoms with Crippen LogP contribution in [0.1, 0.15) is 5.82 Å². The zero-order valence-electron chi connectivity index (χ0n) is 11.0. The van der Waals surface area contributed by atoms with Crippen molar-refractivity contribution in [1.29, 1.82) is 0 Å². The van der Waals surface area contributed by atoms with E-state index in [1.54, 1.807) is 23.9 Å². The molecule has 0 spiro atoms. The number of nitrogens with zero attached hydrogens (tertiary/aromatic N) is 2. The first-order valence-corrected chi connectivity index (χ1v) is 7.27. The van der Waals surface area contributed by atoms with Gasteiger partial charge in [-0.15, -0.1) is 11.8 Å². The van der Waals surface area contributed by atoms with Gasteiger partial charge in [0.1, 0.15) is 5.82 Å². The average Bonchev–Trinajstić information content (AvgIpc) is 2.96. The van der Waals surface area contributed by atoms with E-state index in [4.69, 9.17) is 10.3 Å². The fourth-order valence-corrected chi connectivity index (χ4v) is 2.59. The number of thioether (sulfide) groups is 1. The van der Waals surface area contributed by atoms with Crippen molar-refractivity contribution in [2.24, 2.45) is 0 Å². The molecule has 21 heavy (non-hydrogen) atoms. The molecule has 4 nitrogen and oxygen atoms in total. The molecule has 0 unspecified atom stereocenters. The third-order valence-electron chi connectivity index (χ3n) is 2.84. The Balaban J connectivity index is 1.71. The van der Waals surface area contributed by atoms with Crippen LogP contribution in [-0.4, -0.2) is 10.1 Å². The SMILES string of the molecule is Nc1ccccc1SCc1noc(-c2ccc(F)cc2)n1. The lowest BCUT2D eigenvalue weighted by atomic mass is 10.2. The number of benzene rings is 2. The minimum atomic E-state index is -0.298. The van der Waals surface area contributed by atoms with Gasteiger partial charge in [0.05, 0.1) is 5.75 Å². The molecular weight excluding hydrogens is 289 g/mol. The van der Waals surface area contributed by atoms with E-state index in [0.717, 1.165) is 10.6 Å². The second kappa shape index (κ2) is 5.97. The Hall–Kier alpha value is -2.34. The van der Waals surface area contributed by atoms with Crippen molar-refractivity contribution in [3.8, 4) is 11.5 Å². The number of nitrogens with two attached hydrogens (primary N) is 1. The summed E-state index contributed by atoms with van der Waals surface area (Å²) in [5.41, 5.74) is 7.30. The summed E-state index contributed by atoms with van der Waals surface area (Å²) >= 11 is 1.54. The quantitative estimate of drug-likeness (QED) is 0.587. The van der Waals surface area contributed by atoms with Gasteiger partial charge < -0.3 is 10.3 Å². The number of nitrogen functional groups attached to an aromatic ring is 1. The van der Waals surface area contributed by atoms with Crippen molar-refractivity contribution in [2.45, 2.75) is 10.6 Å². The van der Waals surface area contributed by atoms with E-state index >= 15 is 0 Å². The molecule has 0 aliphatic rings. The normalized spacial score (nSPS) is 10.7. The minimum Gasteiger partial charge on any atom is -0.398 e. The van der Waals surface area contributed by atoms with Gasteiger partial charge in [-0.05, 0) is 36.4 Å². The van der Waals surface area contributed by atoms with Crippen LogP contribution in [0, 0.1) is 5.82 Å². The number of halogens is 1. The molecule has 0 bridgehead atoms. The lowest BCUT2D eigenvalue weighted by Gasteiger charge is -2.01. The molecule has 0 saturated carbocycles. The lowest BCUT2D eigenvalue weighted by molar-refractivity contribution is 0.425. The summed E-state index contributed by atoms with van der Waals surface area (Å²) in [5.74, 6) is 1.21. The first-order chi connectivity index (χ1) is 10.2. The molecular formula is C15H12FN3OS. The molecule has 0 fully saturated rings. The summed E-state index contributed by atoms with van der Waals surface area (Å²) in [4.78, 5) is 5.27. The van der Waals surface area contributed by atoms with Gasteiger partial charge in [-0.2, -0.15) is 4.98 Å². The summed E-state index contributed by atoms with van der Waals surface area (Å²) in [7, 11) is 0. The Morgan fingerprint density at radius 3 is 2.62 bits per heavy atom. The van der Waals surface area contributed by atoms with Crippen LogP contribution in [0.5, 0.6) is 0 Å². The molecule has 0 aliphatic carbocycles. The molecule has 106 valence electrons. The van der Waals surface area contributed by atoms with E-state index in [0.29, 0.717) is 23.0 Å². The van der Waals surface area contributed by atoms with Gasteiger partial charge in [0.15, 0.2) is 5.82 Å². The largest absolute Gasteiger partial charge is 0.398 e. The van der Waals surface area contributed by atoms with E-state index in [2.05, 4.69) is 10.1 Å². The van der Waals surface area contributed by atoms with Crippen molar-refractivity contribution >= 4 is 17.4 Å². The van der Waals surface area contributed by atoms with Crippen LogP contribution in [0.25, 0.3) is 11.5 Å². The molecule has 3 aromatic rings. The van der Waals surface area contributed by atoms with Crippen LogP contribution >= 0.6 is 11.8 Å². The van der Waals surface area contributed by atoms with Crippen molar-refractivity contribution in [1.82, 2.24) is 10.1 Å². The molecule has 3 rings (SSSR count). The van der Waals surface area contributed by atoms with Gasteiger partial charge in [-0.25, -0.2) is 4.39 Å². The van der Waals surface area contributed by atoms with Gasteiger partial charge in [0.2, 0.25) is 0 Å². The number of hydrogen-bond acceptors (Lipinski definition) is 5. The van der Waals surface area contributed by atoms with Crippen LogP contribution in [0.15, 0.2) is 57.9 Å². The number of para-hydroxylation sites is 1. The molecule has 6 heteroatoms. The number of hydrogen-bond donors (Lipinski definition) is 1. The molecule has 2 aromatic carbocycles. The molecule has 0 radical (unpaired) electrons. The standard InChI is InChI=1S/C15H12FN3OS/c16-11-7-5-10(6-8-11)15-18-14(19-20-15)9-21-13-4-2-1-3-12(13)17/h1-8H,9,17H2. The summed E-state index contributed by atoms with van der Waals surface area (Å²) in [6, 6.07) is 13.5. The highest BCUT2D eigenvalue weighted by atomic mass is 32.2. The maximum Gasteiger partial charge on any atom is 0.257 e. The third kappa shape index (κ3) is 3.22. The van der Waals surface area contributed by atoms with Crippen LogP contribution in [0.3, 0.4) is 0 Å². The number of aromatic nitrogens is 2. The highest BCUT2D eigenvalue weighted by Crippen LogP contribution is 2.27. The highest BCUT2D eigenvalue weighted by molar-refractivity contribution is 7.98. The van der Waals surface area contributed by atoms with Crippen LogP contribution in [0.4, 0.5) is 10.1 Å². The Morgan fingerprint density at radius 1 is 1.10 bits per heavy atom. The molecule has 0 atom stereocenters. The second-order valence-corrected chi connectivity index (χ2v) is 5.37. The summed E-state index contributed by atoms with van der Waals surface area (Å²) in [6.07, 6.45) is 0. The number of rotatable bonds is 4. The van der Waals surface area contributed by atoms with Crippen molar-refractivity contribution in [3.05, 3.63) is 60.2 Å². The van der Waals surface area contributed by atoms with Crippen LogP contribution < -0.4 is 5.73 Å². The minimum absolute atomic E-state index is 0.298. The Kier molecular flexibility index (Phi) is 3.87. The van der Waals surface area contributed by atoms with Gasteiger partial charge in [-0.3, -0.25) is 0 Å². The van der Waals surface area contributed by atoms with Crippen molar-refractivity contribution < 1.29 is 8.91 Å².